The first-order chi connectivity index (χ1) is 16.0. The molecule has 10 nitrogen and oxygen atoms in total. The van der Waals surface area contributed by atoms with Gasteiger partial charge in [0.2, 0.25) is 5.95 Å². The third-order valence-electron chi connectivity index (χ3n) is 6.35. The summed E-state index contributed by atoms with van der Waals surface area (Å²) < 4.78 is 38.3. The summed E-state index contributed by atoms with van der Waals surface area (Å²) in [4.78, 5) is 11.0. The fourth-order valence-electron chi connectivity index (χ4n) is 4.47. The number of aromatic nitrogens is 6. The topological polar surface area (TPSA) is 96.9 Å². The highest BCUT2D eigenvalue weighted by atomic mass is 19.3. The van der Waals surface area contributed by atoms with Crippen molar-refractivity contribution in [3.63, 3.8) is 0 Å². The molecule has 2 fully saturated rings. The van der Waals surface area contributed by atoms with Gasteiger partial charge in [-0.3, -0.25) is 4.90 Å². The Balaban J connectivity index is 1.30. The second-order valence-corrected chi connectivity index (χ2v) is 8.41. The van der Waals surface area contributed by atoms with Crippen LogP contribution in [-0.4, -0.2) is 85.5 Å². The van der Waals surface area contributed by atoms with Crippen LogP contribution >= 0.6 is 0 Å². The minimum absolute atomic E-state index is 0.0917. The summed E-state index contributed by atoms with van der Waals surface area (Å²) in [5.41, 5.74) is 3.01. The van der Waals surface area contributed by atoms with E-state index in [1.807, 2.05) is 29.3 Å². The van der Waals surface area contributed by atoms with E-state index in [1.165, 1.54) is 0 Å². The van der Waals surface area contributed by atoms with Crippen LogP contribution in [0.4, 0.5) is 20.5 Å². The molecule has 2 aliphatic rings. The Morgan fingerprint density at radius 1 is 1.12 bits per heavy atom. The first-order valence-corrected chi connectivity index (χ1v) is 10.9. The Morgan fingerprint density at radius 2 is 1.97 bits per heavy atom. The number of alkyl halides is 2. The summed E-state index contributed by atoms with van der Waals surface area (Å²) in [6.07, 6.45) is 5.59. The molecule has 0 radical (unpaired) electrons. The molecule has 0 unspecified atom stereocenters. The van der Waals surface area contributed by atoms with Crippen LogP contribution < -0.4 is 10.6 Å². The minimum Gasteiger partial charge on any atom is -0.378 e. The van der Waals surface area contributed by atoms with E-state index in [4.69, 9.17) is 4.74 Å². The van der Waals surface area contributed by atoms with E-state index in [-0.39, 0.29) is 18.5 Å². The lowest BCUT2D eigenvalue weighted by atomic mass is 9.98. The molecule has 4 aromatic heterocycles. The Labute approximate surface area is 187 Å². The maximum Gasteiger partial charge on any atom is 0.280 e. The van der Waals surface area contributed by atoms with Crippen LogP contribution in [0.1, 0.15) is 6.42 Å². The summed E-state index contributed by atoms with van der Waals surface area (Å²) in [5.74, 6) is -2.23. The van der Waals surface area contributed by atoms with Crippen LogP contribution in [0.25, 0.3) is 22.4 Å². The third-order valence-corrected chi connectivity index (χ3v) is 6.35. The zero-order chi connectivity index (χ0) is 22.6. The summed E-state index contributed by atoms with van der Waals surface area (Å²) in [5, 5.41) is 14.6. The van der Waals surface area contributed by atoms with Crippen LogP contribution in [0.3, 0.4) is 0 Å². The van der Waals surface area contributed by atoms with Crippen molar-refractivity contribution in [3.8, 4) is 11.3 Å². The SMILES string of the molecule is CNc1nc(N[C@H]2CCN(C3COC3)CC2(F)F)nn2ccc(-c3ccn4nccc4n3)c12. The zero-order valence-corrected chi connectivity index (χ0v) is 17.9. The molecule has 0 amide bonds. The number of likely N-dealkylation sites (tertiary alicyclic amines) is 1. The van der Waals surface area contributed by atoms with Crippen LogP contribution in [0.2, 0.25) is 0 Å². The van der Waals surface area contributed by atoms with Gasteiger partial charge in [-0.05, 0) is 18.6 Å². The molecule has 2 saturated heterocycles. The molecule has 0 spiro atoms. The predicted octanol–water partition coefficient (Wildman–Crippen LogP) is 2.00. The molecule has 0 bridgehead atoms. The highest BCUT2D eigenvalue weighted by Crippen LogP contribution is 2.33. The number of nitrogens with one attached hydrogen (secondary N) is 2. The van der Waals surface area contributed by atoms with E-state index in [2.05, 4.69) is 30.8 Å². The van der Waals surface area contributed by atoms with Crippen molar-refractivity contribution in [3.05, 3.63) is 36.8 Å². The van der Waals surface area contributed by atoms with Crippen LogP contribution in [0, 0.1) is 0 Å². The van der Waals surface area contributed by atoms with Gasteiger partial charge in [0.15, 0.2) is 11.5 Å². The van der Waals surface area contributed by atoms with Gasteiger partial charge in [-0.15, -0.1) is 5.10 Å². The molecule has 4 aromatic rings. The number of ether oxygens (including phenoxy) is 1. The lowest BCUT2D eigenvalue weighted by Gasteiger charge is -2.44. The Kier molecular flexibility index (Phi) is 4.66. The van der Waals surface area contributed by atoms with E-state index in [0.29, 0.717) is 37.5 Å². The van der Waals surface area contributed by atoms with Crippen molar-refractivity contribution in [1.29, 1.82) is 0 Å². The van der Waals surface area contributed by atoms with Crippen molar-refractivity contribution in [2.24, 2.45) is 0 Å². The predicted molar refractivity (Wildman–Crippen MR) is 118 cm³/mol. The second-order valence-electron chi connectivity index (χ2n) is 8.41. The quantitative estimate of drug-likeness (QED) is 0.472. The first kappa shape index (κ1) is 20.2. The molecule has 12 heteroatoms. The fourth-order valence-corrected chi connectivity index (χ4v) is 4.47. The molecule has 6 heterocycles. The molecular formula is C21H23F2N9O. The lowest BCUT2D eigenvalue weighted by molar-refractivity contribution is -0.131. The molecule has 6 rings (SSSR count). The molecule has 172 valence electrons. The van der Waals surface area contributed by atoms with Crippen LogP contribution in [-0.2, 0) is 4.74 Å². The van der Waals surface area contributed by atoms with Crippen LogP contribution in [0.15, 0.2) is 36.8 Å². The number of fused-ring (bicyclic) bond motifs is 2. The number of halogens is 2. The number of anilines is 2. The fraction of sp³-hybridized carbons (Fsp3) is 0.429. The number of rotatable bonds is 5. The molecular weight excluding hydrogens is 432 g/mol. The first-order valence-electron chi connectivity index (χ1n) is 10.9. The van der Waals surface area contributed by atoms with Crippen molar-refractivity contribution in [2.45, 2.75) is 24.4 Å². The molecule has 0 saturated carbocycles. The number of hydrogen-bond donors (Lipinski definition) is 2. The van der Waals surface area contributed by atoms with Gasteiger partial charge in [0.1, 0.15) is 5.52 Å². The van der Waals surface area contributed by atoms with Gasteiger partial charge < -0.3 is 15.4 Å². The van der Waals surface area contributed by atoms with Gasteiger partial charge in [-0.1, -0.05) is 0 Å². The van der Waals surface area contributed by atoms with Gasteiger partial charge >= 0.3 is 0 Å². The van der Waals surface area contributed by atoms with Gasteiger partial charge in [-0.2, -0.15) is 10.1 Å². The average Bonchev–Trinajstić information content (AvgIpc) is 3.39. The molecule has 2 N–H and O–H groups in total. The number of piperidine rings is 1. The largest absolute Gasteiger partial charge is 0.378 e. The Hall–Kier alpha value is -3.38. The maximum absolute atomic E-state index is 14.9. The summed E-state index contributed by atoms with van der Waals surface area (Å²) in [6.45, 7) is 1.34. The van der Waals surface area contributed by atoms with Gasteiger partial charge in [0.25, 0.3) is 5.92 Å². The standard InChI is InChI=1S/C21H23F2N9O/c1-24-19-18-14(15-4-9-31-17(26-15)2-6-25-31)3-8-32(18)29-20(28-19)27-16-5-7-30(12-21(16,22)23)13-10-33-11-13/h2-4,6,8-9,13,16H,5,7,10-12H2,1H3,(H2,24,27,28,29)/t16-/m0/s1. The Bertz CT molecular complexity index is 1320. The highest BCUT2D eigenvalue weighted by Gasteiger charge is 2.47. The highest BCUT2D eigenvalue weighted by molar-refractivity contribution is 5.87. The molecule has 33 heavy (non-hydrogen) atoms. The van der Waals surface area contributed by atoms with Gasteiger partial charge in [0.05, 0.1) is 43.7 Å². The van der Waals surface area contributed by atoms with E-state index in [9.17, 15) is 8.78 Å². The third kappa shape index (κ3) is 3.45. The minimum atomic E-state index is -2.90. The van der Waals surface area contributed by atoms with Gasteiger partial charge in [-0.25, -0.2) is 22.8 Å². The lowest BCUT2D eigenvalue weighted by Crippen LogP contribution is -2.61. The smallest absolute Gasteiger partial charge is 0.280 e. The summed E-state index contributed by atoms with van der Waals surface area (Å²) in [7, 11) is 1.74. The van der Waals surface area contributed by atoms with Crippen molar-refractivity contribution < 1.29 is 13.5 Å². The zero-order valence-electron chi connectivity index (χ0n) is 17.9. The monoisotopic (exact) mass is 455 g/mol. The second kappa shape index (κ2) is 7.59. The van der Waals surface area contributed by atoms with Gasteiger partial charge in [0, 0.05) is 37.6 Å². The van der Waals surface area contributed by atoms with E-state index < -0.39 is 12.0 Å². The van der Waals surface area contributed by atoms with Crippen molar-refractivity contribution >= 4 is 22.9 Å². The van der Waals surface area contributed by atoms with E-state index >= 15 is 0 Å². The van der Waals surface area contributed by atoms with E-state index in [0.717, 1.165) is 16.9 Å². The summed E-state index contributed by atoms with van der Waals surface area (Å²) >= 11 is 0. The van der Waals surface area contributed by atoms with Crippen molar-refractivity contribution in [1.82, 2.24) is 34.1 Å². The molecule has 0 aromatic carbocycles. The molecule has 0 aliphatic carbocycles. The van der Waals surface area contributed by atoms with Crippen molar-refractivity contribution in [2.75, 3.05) is 44.0 Å². The van der Waals surface area contributed by atoms with Crippen LogP contribution in [0.5, 0.6) is 0 Å². The molecule has 1 atom stereocenters. The maximum atomic E-state index is 14.9. The normalized spacial score (nSPS) is 21.4. The van der Waals surface area contributed by atoms with E-state index in [1.54, 1.807) is 28.5 Å². The average molecular weight is 455 g/mol. The number of nitrogens with zero attached hydrogens (tertiary/aromatic N) is 7. The summed E-state index contributed by atoms with van der Waals surface area (Å²) in [6, 6.07) is 4.62. The number of hydrogen-bond acceptors (Lipinski definition) is 8. The Morgan fingerprint density at radius 3 is 2.73 bits per heavy atom. The molecule has 2 aliphatic heterocycles.